The van der Waals surface area contributed by atoms with Crippen molar-refractivity contribution in [3.63, 3.8) is 0 Å². The second kappa shape index (κ2) is 13.4. The summed E-state index contributed by atoms with van der Waals surface area (Å²) in [5.74, 6) is 1.38. The highest BCUT2D eigenvalue weighted by Crippen LogP contribution is 2.35. The van der Waals surface area contributed by atoms with Crippen LogP contribution in [0.4, 0.5) is 0 Å². The fraction of sp³-hybridized carbons (Fsp3) is 0.0213. The van der Waals surface area contributed by atoms with E-state index >= 15 is 0 Å². The van der Waals surface area contributed by atoms with E-state index in [2.05, 4.69) is 40.8 Å². The van der Waals surface area contributed by atoms with E-state index < -0.39 is 6.85 Å². The SMILES string of the molecule is [2H]C([2H])([2H])c1cc(-c2ccc(-c3nc4ccccn4c3-c3ccccc3)cc2)cc(-c2nc(-c3ccccc3)nc(-c3ccc(-c4ccccc4)cc3)n2)c1. The molecule has 0 saturated carbocycles. The fourth-order valence-electron chi connectivity index (χ4n) is 6.61. The summed E-state index contributed by atoms with van der Waals surface area (Å²) in [6.07, 6.45) is 2.03. The van der Waals surface area contributed by atoms with Crippen molar-refractivity contribution in [1.82, 2.24) is 24.3 Å². The van der Waals surface area contributed by atoms with Gasteiger partial charge in [-0.3, -0.25) is 4.40 Å². The molecule has 9 aromatic rings. The molecule has 5 heteroatoms. The number of hydrogen-bond donors (Lipinski definition) is 0. The van der Waals surface area contributed by atoms with Crippen molar-refractivity contribution >= 4 is 5.65 Å². The van der Waals surface area contributed by atoms with Gasteiger partial charge >= 0.3 is 0 Å². The van der Waals surface area contributed by atoms with Gasteiger partial charge in [0.05, 0.1) is 11.4 Å². The number of nitrogens with zero attached hydrogens (tertiary/aromatic N) is 5. The molecule has 9 rings (SSSR count). The van der Waals surface area contributed by atoms with E-state index in [4.69, 9.17) is 24.0 Å². The van der Waals surface area contributed by atoms with Crippen LogP contribution >= 0.6 is 0 Å². The molecule has 0 aliphatic heterocycles. The second-order valence-corrected chi connectivity index (χ2v) is 12.6. The van der Waals surface area contributed by atoms with Gasteiger partial charge in [0.15, 0.2) is 17.5 Å². The lowest BCUT2D eigenvalue weighted by Gasteiger charge is -2.12. The van der Waals surface area contributed by atoms with Crippen molar-refractivity contribution in [2.24, 2.45) is 0 Å². The Morgan fingerprint density at radius 1 is 0.385 bits per heavy atom. The van der Waals surface area contributed by atoms with Gasteiger partial charge in [0.25, 0.3) is 0 Å². The maximum absolute atomic E-state index is 8.41. The summed E-state index contributed by atoms with van der Waals surface area (Å²) in [6.45, 7) is -2.36. The highest BCUT2D eigenvalue weighted by Gasteiger charge is 2.17. The van der Waals surface area contributed by atoms with Gasteiger partial charge in [0.1, 0.15) is 5.65 Å². The third-order valence-electron chi connectivity index (χ3n) is 9.18. The Morgan fingerprint density at radius 3 is 1.48 bits per heavy atom. The van der Waals surface area contributed by atoms with Gasteiger partial charge in [-0.25, -0.2) is 19.9 Å². The van der Waals surface area contributed by atoms with Crippen molar-refractivity contribution < 1.29 is 4.11 Å². The first-order valence-corrected chi connectivity index (χ1v) is 17.1. The first kappa shape index (κ1) is 27.8. The average molecular weight is 671 g/mol. The van der Waals surface area contributed by atoms with Crippen molar-refractivity contribution in [1.29, 1.82) is 0 Å². The molecule has 3 heterocycles. The number of aryl methyl sites for hydroxylation is 1. The first-order valence-electron chi connectivity index (χ1n) is 18.6. The van der Waals surface area contributed by atoms with Gasteiger partial charge in [-0.15, -0.1) is 0 Å². The van der Waals surface area contributed by atoms with Crippen LogP contribution in [0.2, 0.25) is 0 Å². The van der Waals surface area contributed by atoms with E-state index in [0.29, 0.717) is 23.0 Å². The number of benzene rings is 6. The minimum Gasteiger partial charge on any atom is -0.299 e. The number of aromatic nitrogens is 5. The Morgan fingerprint density at radius 2 is 0.846 bits per heavy atom. The van der Waals surface area contributed by atoms with Gasteiger partial charge in [-0.1, -0.05) is 152 Å². The topological polar surface area (TPSA) is 56.0 Å². The normalized spacial score (nSPS) is 12.3. The second-order valence-electron chi connectivity index (χ2n) is 12.6. The van der Waals surface area contributed by atoms with Crippen LogP contribution < -0.4 is 0 Å². The van der Waals surface area contributed by atoms with E-state index in [1.807, 2.05) is 134 Å². The lowest BCUT2D eigenvalue weighted by atomic mass is 9.97. The number of pyridine rings is 1. The van der Waals surface area contributed by atoms with Crippen LogP contribution in [0.25, 0.3) is 84.6 Å². The third-order valence-corrected chi connectivity index (χ3v) is 9.18. The van der Waals surface area contributed by atoms with E-state index in [1.54, 1.807) is 12.1 Å². The van der Waals surface area contributed by atoms with Gasteiger partial charge in [0, 0.05) is 38.1 Å². The van der Waals surface area contributed by atoms with Crippen molar-refractivity contribution in [3.05, 3.63) is 188 Å². The molecule has 52 heavy (non-hydrogen) atoms. The van der Waals surface area contributed by atoms with Gasteiger partial charge in [0.2, 0.25) is 0 Å². The molecule has 0 spiro atoms. The van der Waals surface area contributed by atoms with E-state index in [0.717, 1.165) is 61.5 Å². The maximum Gasteiger partial charge on any atom is 0.164 e. The average Bonchev–Trinajstić information content (AvgIpc) is 3.64. The molecule has 6 aromatic carbocycles. The van der Waals surface area contributed by atoms with Gasteiger partial charge in [-0.05, 0) is 58.9 Å². The van der Waals surface area contributed by atoms with E-state index in [-0.39, 0.29) is 5.56 Å². The van der Waals surface area contributed by atoms with E-state index in [1.165, 1.54) is 0 Å². The summed E-state index contributed by atoms with van der Waals surface area (Å²) in [6, 6.07) is 57.8. The van der Waals surface area contributed by atoms with Crippen LogP contribution in [0.3, 0.4) is 0 Å². The molecule has 0 unspecified atom stereocenters. The Kier molecular flexibility index (Phi) is 7.15. The molecule has 0 amide bonds. The largest absolute Gasteiger partial charge is 0.299 e. The minimum atomic E-state index is -2.36. The molecular formula is C47H33N5. The summed E-state index contributed by atoms with van der Waals surface area (Å²) in [5.41, 5.74) is 11.0. The number of fused-ring (bicyclic) bond motifs is 1. The summed E-state index contributed by atoms with van der Waals surface area (Å²) >= 11 is 0. The molecule has 0 saturated heterocycles. The minimum absolute atomic E-state index is 0.200. The first-order chi connectivity index (χ1) is 26.9. The summed E-state index contributed by atoms with van der Waals surface area (Å²) in [7, 11) is 0. The molecule has 0 bridgehead atoms. The molecule has 0 aliphatic rings. The number of rotatable bonds is 7. The zero-order valence-electron chi connectivity index (χ0n) is 31.1. The van der Waals surface area contributed by atoms with Crippen LogP contribution in [0, 0.1) is 6.85 Å². The fourth-order valence-corrected chi connectivity index (χ4v) is 6.61. The van der Waals surface area contributed by atoms with Crippen LogP contribution in [-0.2, 0) is 0 Å². The van der Waals surface area contributed by atoms with Gasteiger partial charge < -0.3 is 0 Å². The Hall–Kier alpha value is -6.98. The van der Waals surface area contributed by atoms with Crippen LogP contribution in [0.15, 0.2) is 182 Å². The highest BCUT2D eigenvalue weighted by molar-refractivity contribution is 5.83. The van der Waals surface area contributed by atoms with Crippen molar-refractivity contribution in [3.8, 4) is 78.9 Å². The Bertz CT molecular complexity index is 2760. The molecule has 0 radical (unpaired) electrons. The Balaban J connectivity index is 1.14. The zero-order valence-corrected chi connectivity index (χ0v) is 28.1. The Labute approximate surface area is 306 Å². The van der Waals surface area contributed by atoms with Crippen LogP contribution in [-0.4, -0.2) is 24.3 Å². The standard InChI is InChI=1S/C47H33N5/c1-32-29-40(35-20-24-36(25-21-35)43-44(37-15-7-3-8-16-37)52-28-12-11-19-42(52)48-43)31-41(30-32)47-50-45(38-17-9-4-10-18-38)49-46(51-47)39-26-22-34(23-27-39)33-13-5-2-6-14-33/h2-31H,1H3/i1D3. The van der Waals surface area contributed by atoms with Gasteiger partial charge in [-0.2, -0.15) is 0 Å². The molecule has 0 atom stereocenters. The zero-order chi connectivity index (χ0) is 37.4. The summed E-state index contributed by atoms with van der Waals surface area (Å²) in [5, 5.41) is 0. The van der Waals surface area contributed by atoms with Crippen molar-refractivity contribution in [2.75, 3.05) is 0 Å². The monoisotopic (exact) mass is 670 g/mol. The van der Waals surface area contributed by atoms with Crippen LogP contribution in [0.1, 0.15) is 9.68 Å². The quantitative estimate of drug-likeness (QED) is 0.169. The molecular weight excluding hydrogens is 635 g/mol. The molecule has 246 valence electrons. The van der Waals surface area contributed by atoms with Crippen LogP contribution in [0.5, 0.6) is 0 Å². The lowest BCUT2D eigenvalue weighted by molar-refractivity contribution is 1.07. The smallest absolute Gasteiger partial charge is 0.164 e. The summed E-state index contributed by atoms with van der Waals surface area (Å²) in [4.78, 5) is 19.8. The summed E-state index contributed by atoms with van der Waals surface area (Å²) < 4.78 is 27.3. The number of hydrogen-bond acceptors (Lipinski definition) is 4. The molecule has 0 fully saturated rings. The maximum atomic E-state index is 8.41. The molecule has 0 aliphatic carbocycles. The predicted octanol–water partition coefficient (Wildman–Crippen LogP) is 11.5. The third kappa shape index (κ3) is 6.05. The number of imidazole rings is 1. The van der Waals surface area contributed by atoms with E-state index in [9.17, 15) is 0 Å². The molecule has 5 nitrogen and oxygen atoms in total. The molecule has 0 N–H and O–H groups in total. The molecule has 3 aromatic heterocycles. The lowest BCUT2D eigenvalue weighted by Crippen LogP contribution is -2.00. The highest BCUT2D eigenvalue weighted by atomic mass is 15.0. The van der Waals surface area contributed by atoms with Crippen molar-refractivity contribution in [2.45, 2.75) is 6.85 Å². The predicted molar refractivity (Wildman–Crippen MR) is 211 cm³/mol.